The number of nitrogens with zero attached hydrogens (tertiary/aromatic N) is 2. The van der Waals surface area contributed by atoms with Crippen LogP contribution in [0.25, 0.3) is 0 Å². The van der Waals surface area contributed by atoms with E-state index >= 15 is 0 Å². The van der Waals surface area contributed by atoms with Gasteiger partial charge in [-0.3, -0.25) is 13.9 Å². The van der Waals surface area contributed by atoms with Crippen LogP contribution in [0, 0.1) is 0 Å². The van der Waals surface area contributed by atoms with Crippen molar-refractivity contribution < 1.29 is 22.7 Å². The summed E-state index contributed by atoms with van der Waals surface area (Å²) in [5, 5.41) is 3.71. The third-order valence-corrected chi connectivity index (χ3v) is 8.21. The smallest absolute Gasteiger partial charge is 0.244 e. The van der Waals surface area contributed by atoms with E-state index in [0.717, 1.165) is 36.2 Å². The Balaban J connectivity index is 1.95. The monoisotopic (exact) mass is 569 g/mol. The molecule has 1 fully saturated rings. The number of amides is 2. The first-order chi connectivity index (χ1) is 17.5. The molecule has 1 saturated carbocycles. The zero-order valence-corrected chi connectivity index (χ0v) is 23.6. The maximum absolute atomic E-state index is 13.8. The third-order valence-electron chi connectivity index (χ3n) is 6.37. The molecular formula is C26H33Cl2N3O5S. The Bertz CT molecular complexity index is 1200. The number of carbonyl (C=O) groups is 2. The Morgan fingerprint density at radius 2 is 1.70 bits per heavy atom. The minimum atomic E-state index is -3.89. The lowest BCUT2D eigenvalue weighted by Gasteiger charge is -2.32. The predicted octanol–water partition coefficient (Wildman–Crippen LogP) is 4.63. The molecule has 1 aliphatic rings. The van der Waals surface area contributed by atoms with Crippen LogP contribution in [0.5, 0.6) is 5.75 Å². The molecule has 1 aliphatic carbocycles. The van der Waals surface area contributed by atoms with Gasteiger partial charge in [0.15, 0.2) is 0 Å². The highest BCUT2D eigenvalue weighted by molar-refractivity contribution is 7.92. The van der Waals surface area contributed by atoms with Gasteiger partial charge in [-0.2, -0.15) is 0 Å². The number of para-hydroxylation sites is 2. The van der Waals surface area contributed by atoms with Gasteiger partial charge in [0.1, 0.15) is 18.3 Å². The number of nitrogens with one attached hydrogen (secondary N) is 1. The van der Waals surface area contributed by atoms with Gasteiger partial charge in [-0.05, 0) is 51.0 Å². The largest absolute Gasteiger partial charge is 0.492 e. The van der Waals surface area contributed by atoms with Gasteiger partial charge in [0.2, 0.25) is 21.8 Å². The minimum Gasteiger partial charge on any atom is -0.492 e. The predicted molar refractivity (Wildman–Crippen MR) is 147 cm³/mol. The van der Waals surface area contributed by atoms with Crippen LogP contribution in [0.3, 0.4) is 0 Å². The molecule has 1 unspecified atom stereocenters. The van der Waals surface area contributed by atoms with Crippen molar-refractivity contribution in [2.75, 3.05) is 23.7 Å². The Kier molecular flexibility index (Phi) is 10.1. The second kappa shape index (κ2) is 12.8. The highest BCUT2D eigenvalue weighted by atomic mass is 35.5. The molecule has 0 saturated heterocycles. The zero-order valence-electron chi connectivity index (χ0n) is 21.2. The first-order valence-corrected chi connectivity index (χ1v) is 14.9. The molecule has 2 aromatic rings. The number of carbonyl (C=O) groups excluding carboxylic acids is 2. The van der Waals surface area contributed by atoms with E-state index in [2.05, 4.69) is 5.32 Å². The first kappa shape index (κ1) is 29.1. The SMILES string of the molecule is CCOc1ccccc1N(CC(=O)N(Cc1c(Cl)cccc1Cl)C(C)C(=O)NC1CCCC1)S(C)(=O)=O. The van der Waals surface area contributed by atoms with Crippen LogP contribution in [0.4, 0.5) is 5.69 Å². The Labute approximate surface area is 228 Å². The number of hydrogen-bond acceptors (Lipinski definition) is 5. The molecule has 202 valence electrons. The number of benzene rings is 2. The van der Waals surface area contributed by atoms with Gasteiger partial charge in [0.05, 0.1) is 18.6 Å². The Morgan fingerprint density at radius 3 is 2.30 bits per heavy atom. The van der Waals surface area contributed by atoms with E-state index in [9.17, 15) is 18.0 Å². The van der Waals surface area contributed by atoms with Gasteiger partial charge in [-0.25, -0.2) is 8.42 Å². The molecule has 37 heavy (non-hydrogen) atoms. The molecule has 0 spiro atoms. The van der Waals surface area contributed by atoms with Gasteiger partial charge in [0, 0.05) is 28.2 Å². The van der Waals surface area contributed by atoms with Crippen molar-refractivity contribution in [3.8, 4) is 5.75 Å². The standard InChI is InChI=1S/C26H33Cl2N3O5S/c1-4-36-24-15-8-7-14-23(24)31(37(3,34)35)17-25(32)30(16-20-21(27)12-9-13-22(20)28)18(2)26(33)29-19-10-5-6-11-19/h7-9,12-15,18-19H,4-6,10-11,16-17H2,1-3H3,(H,29,33). The summed E-state index contributed by atoms with van der Waals surface area (Å²) in [5.41, 5.74) is 0.708. The fourth-order valence-electron chi connectivity index (χ4n) is 4.36. The van der Waals surface area contributed by atoms with E-state index in [-0.39, 0.29) is 24.2 Å². The lowest BCUT2D eigenvalue weighted by molar-refractivity contribution is -0.139. The molecule has 2 amide bonds. The topological polar surface area (TPSA) is 96.0 Å². The number of rotatable bonds is 11. The summed E-state index contributed by atoms with van der Waals surface area (Å²) in [4.78, 5) is 28.3. The normalized spacial score (nSPS) is 14.7. The summed E-state index contributed by atoms with van der Waals surface area (Å²) in [5.74, 6) is -0.568. The number of hydrogen-bond donors (Lipinski definition) is 1. The Hall–Kier alpha value is -2.49. The fourth-order valence-corrected chi connectivity index (χ4v) is 5.73. The molecule has 3 rings (SSSR count). The van der Waals surface area contributed by atoms with Crippen LogP contribution in [-0.2, 0) is 26.2 Å². The average Bonchev–Trinajstić information content (AvgIpc) is 3.35. The molecule has 8 nitrogen and oxygen atoms in total. The number of ether oxygens (including phenoxy) is 1. The van der Waals surface area contributed by atoms with E-state index in [0.29, 0.717) is 28.0 Å². The van der Waals surface area contributed by atoms with Crippen molar-refractivity contribution in [1.82, 2.24) is 10.2 Å². The maximum Gasteiger partial charge on any atom is 0.244 e. The van der Waals surface area contributed by atoms with Crippen molar-refractivity contribution in [3.05, 3.63) is 58.1 Å². The maximum atomic E-state index is 13.8. The molecule has 0 aliphatic heterocycles. The van der Waals surface area contributed by atoms with Gasteiger partial charge in [-0.15, -0.1) is 0 Å². The van der Waals surface area contributed by atoms with Crippen LogP contribution in [0.15, 0.2) is 42.5 Å². The average molecular weight is 571 g/mol. The number of anilines is 1. The summed E-state index contributed by atoms with van der Waals surface area (Å²) in [6.07, 6.45) is 4.88. The summed E-state index contributed by atoms with van der Waals surface area (Å²) in [6.45, 7) is 3.11. The molecule has 1 N–H and O–H groups in total. The highest BCUT2D eigenvalue weighted by Gasteiger charge is 2.32. The van der Waals surface area contributed by atoms with Crippen LogP contribution < -0.4 is 14.4 Å². The van der Waals surface area contributed by atoms with Gasteiger partial charge in [-0.1, -0.05) is 54.2 Å². The van der Waals surface area contributed by atoms with Crippen LogP contribution in [0.2, 0.25) is 10.0 Å². The summed E-state index contributed by atoms with van der Waals surface area (Å²) in [7, 11) is -3.89. The second-order valence-corrected chi connectivity index (χ2v) is 11.8. The van der Waals surface area contributed by atoms with Crippen LogP contribution >= 0.6 is 23.2 Å². The van der Waals surface area contributed by atoms with Crippen molar-refractivity contribution in [2.45, 2.75) is 58.2 Å². The van der Waals surface area contributed by atoms with E-state index in [4.69, 9.17) is 27.9 Å². The Morgan fingerprint density at radius 1 is 1.08 bits per heavy atom. The quantitative estimate of drug-likeness (QED) is 0.425. The molecule has 11 heteroatoms. The first-order valence-electron chi connectivity index (χ1n) is 12.2. The number of sulfonamides is 1. The van der Waals surface area contributed by atoms with E-state index in [1.807, 2.05) is 0 Å². The second-order valence-electron chi connectivity index (χ2n) is 9.06. The van der Waals surface area contributed by atoms with Crippen molar-refractivity contribution in [3.63, 3.8) is 0 Å². The molecule has 0 bridgehead atoms. The van der Waals surface area contributed by atoms with Crippen molar-refractivity contribution >= 4 is 50.7 Å². The highest BCUT2D eigenvalue weighted by Crippen LogP contribution is 2.31. The zero-order chi connectivity index (χ0) is 27.2. The lowest BCUT2D eigenvalue weighted by Crippen LogP contribution is -2.52. The molecule has 1 atom stereocenters. The summed E-state index contributed by atoms with van der Waals surface area (Å²) >= 11 is 12.8. The van der Waals surface area contributed by atoms with E-state index < -0.39 is 28.5 Å². The van der Waals surface area contributed by atoms with Crippen LogP contribution in [0.1, 0.15) is 45.1 Å². The molecule has 0 radical (unpaired) electrons. The van der Waals surface area contributed by atoms with Crippen molar-refractivity contribution in [1.29, 1.82) is 0 Å². The van der Waals surface area contributed by atoms with Gasteiger partial charge in [0.25, 0.3) is 0 Å². The third kappa shape index (κ3) is 7.52. The minimum absolute atomic E-state index is 0.0568. The van der Waals surface area contributed by atoms with Crippen molar-refractivity contribution in [2.24, 2.45) is 0 Å². The molecule has 2 aromatic carbocycles. The molecule has 0 aromatic heterocycles. The summed E-state index contributed by atoms with van der Waals surface area (Å²) in [6, 6.07) is 10.7. The number of halogens is 2. The van der Waals surface area contributed by atoms with Crippen LogP contribution in [-0.4, -0.2) is 56.6 Å². The molecular weight excluding hydrogens is 537 g/mol. The van der Waals surface area contributed by atoms with E-state index in [1.54, 1.807) is 56.3 Å². The summed E-state index contributed by atoms with van der Waals surface area (Å²) < 4.78 is 32.3. The molecule has 0 heterocycles. The van der Waals surface area contributed by atoms with Gasteiger partial charge >= 0.3 is 0 Å². The lowest BCUT2D eigenvalue weighted by atomic mass is 10.1. The van der Waals surface area contributed by atoms with Gasteiger partial charge < -0.3 is 15.0 Å². The van der Waals surface area contributed by atoms with E-state index in [1.165, 1.54) is 4.90 Å². The fraction of sp³-hybridized carbons (Fsp3) is 0.462.